The maximum Gasteiger partial charge on any atom is 0.0446 e. The molecule has 0 radical (unpaired) electrons. The lowest BCUT2D eigenvalue weighted by molar-refractivity contribution is 0.102. The molecule has 1 aliphatic heterocycles. The average Bonchev–Trinajstić information content (AvgIpc) is 2.46. The van der Waals surface area contributed by atoms with Crippen molar-refractivity contribution in [1.82, 2.24) is 15.1 Å². The van der Waals surface area contributed by atoms with E-state index < -0.39 is 0 Å². The number of nitrogens with one attached hydrogen (secondary N) is 1. The molecule has 1 aromatic carbocycles. The van der Waals surface area contributed by atoms with Gasteiger partial charge in [0.15, 0.2) is 0 Å². The third-order valence-electron chi connectivity index (χ3n) is 4.41. The third kappa shape index (κ3) is 4.05. The van der Waals surface area contributed by atoms with Crippen molar-refractivity contribution in [3.05, 3.63) is 35.4 Å². The Kier molecular flexibility index (Phi) is 5.58. The summed E-state index contributed by atoms with van der Waals surface area (Å²) >= 11 is 0. The van der Waals surface area contributed by atoms with Gasteiger partial charge in [0.1, 0.15) is 0 Å². The van der Waals surface area contributed by atoms with Crippen LogP contribution in [-0.2, 0) is 0 Å². The van der Waals surface area contributed by atoms with Crippen LogP contribution in [0.3, 0.4) is 0 Å². The lowest BCUT2D eigenvalue weighted by Gasteiger charge is -2.38. The summed E-state index contributed by atoms with van der Waals surface area (Å²) in [6.45, 7) is 12.6. The Morgan fingerprint density at radius 2 is 1.65 bits per heavy atom. The molecule has 0 amide bonds. The van der Waals surface area contributed by atoms with Crippen LogP contribution in [0.5, 0.6) is 0 Å². The van der Waals surface area contributed by atoms with Crippen LogP contribution in [0.4, 0.5) is 0 Å². The second-order valence-corrected chi connectivity index (χ2v) is 6.18. The Balaban J connectivity index is 1.89. The highest BCUT2D eigenvalue weighted by atomic mass is 15.3. The van der Waals surface area contributed by atoms with E-state index in [2.05, 4.69) is 67.2 Å². The van der Waals surface area contributed by atoms with Crippen molar-refractivity contribution in [2.45, 2.75) is 32.9 Å². The van der Waals surface area contributed by atoms with E-state index in [0.717, 1.165) is 6.54 Å². The van der Waals surface area contributed by atoms with Gasteiger partial charge in [-0.1, -0.05) is 29.8 Å². The van der Waals surface area contributed by atoms with Crippen LogP contribution < -0.4 is 5.32 Å². The molecular weight excluding hydrogens is 246 g/mol. The molecule has 1 unspecified atom stereocenters. The van der Waals surface area contributed by atoms with Crippen LogP contribution in [0.25, 0.3) is 0 Å². The number of benzene rings is 1. The molecule has 0 bridgehead atoms. The summed E-state index contributed by atoms with van der Waals surface area (Å²) in [6.07, 6.45) is 0. The van der Waals surface area contributed by atoms with E-state index in [1.165, 1.54) is 37.3 Å². The number of hydrogen-bond donors (Lipinski definition) is 1. The highest BCUT2D eigenvalue weighted by Crippen LogP contribution is 2.16. The largest absolute Gasteiger partial charge is 0.312 e. The van der Waals surface area contributed by atoms with E-state index >= 15 is 0 Å². The summed E-state index contributed by atoms with van der Waals surface area (Å²) in [5.74, 6) is 0. The van der Waals surface area contributed by atoms with Crippen LogP contribution in [0.1, 0.15) is 31.0 Å². The van der Waals surface area contributed by atoms with Crippen molar-refractivity contribution >= 4 is 0 Å². The molecule has 2 rings (SSSR count). The molecule has 0 aliphatic carbocycles. The van der Waals surface area contributed by atoms with Gasteiger partial charge in [-0.15, -0.1) is 0 Å². The van der Waals surface area contributed by atoms with Gasteiger partial charge in [-0.25, -0.2) is 0 Å². The van der Waals surface area contributed by atoms with Crippen LogP contribution >= 0.6 is 0 Å². The van der Waals surface area contributed by atoms with E-state index in [-0.39, 0.29) is 0 Å². The fraction of sp³-hybridized carbons (Fsp3) is 0.647. The first-order valence-electron chi connectivity index (χ1n) is 7.80. The fourth-order valence-corrected chi connectivity index (χ4v) is 2.88. The lowest BCUT2D eigenvalue weighted by atomic mass is 10.0. The van der Waals surface area contributed by atoms with Crippen molar-refractivity contribution in [2.24, 2.45) is 0 Å². The zero-order valence-electron chi connectivity index (χ0n) is 13.4. The van der Waals surface area contributed by atoms with Gasteiger partial charge in [-0.3, -0.25) is 9.80 Å². The smallest absolute Gasteiger partial charge is 0.0446 e. The quantitative estimate of drug-likeness (QED) is 0.889. The van der Waals surface area contributed by atoms with E-state index in [1.807, 2.05) is 0 Å². The molecule has 1 N–H and O–H groups in total. The molecule has 0 spiro atoms. The third-order valence-corrected chi connectivity index (χ3v) is 4.41. The van der Waals surface area contributed by atoms with Crippen molar-refractivity contribution in [3.63, 3.8) is 0 Å². The van der Waals surface area contributed by atoms with E-state index in [0.29, 0.717) is 12.1 Å². The van der Waals surface area contributed by atoms with Crippen molar-refractivity contribution in [2.75, 3.05) is 39.8 Å². The number of likely N-dealkylation sites (N-methyl/N-ethyl adjacent to an activating group) is 1. The normalized spacial score (nSPS) is 19.4. The number of nitrogens with zero attached hydrogens (tertiary/aromatic N) is 2. The molecule has 1 aromatic rings. The first-order valence-corrected chi connectivity index (χ1v) is 7.80. The Bertz CT molecular complexity index is 391. The Hall–Kier alpha value is -0.900. The standard InChI is InChI=1S/C17H29N3/c1-14(2)20-11-9-19(10-12-20)13-17(18-4)16-7-5-15(3)6-8-16/h5-8,14,17-18H,9-13H2,1-4H3. The van der Waals surface area contributed by atoms with Gasteiger partial charge in [0.05, 0.1) is 0 Å². The maximum atomic E-state index is 3.46. The second kappa shape index (κ2) is 7.21. The predicted octanol–water partition coefficient (Wildman–Crippen LogP) is 2.28. The van der Waals surface area contributed by atoms with E-state index in [4.69, 9.17) is 0 Å². The number of aryl methyl sites for hydroxylation is 1. The summed E-state index contributed by atoms with van der Waals surface area (Å²) in [7, 11) is 2.06. The van der Waals surface area contributed by atoms with Gasteiger partial charge in [0, 0.05) is 44.8 Å². The monoisotopic (exact) mass is 275 g/mol. The van der Waals surface area contributed by atoms with Gasteiger partial charge >= 0.3 is 0 Å². The summed E-state index contributed by atoms with van der Waals surface area (Å²) in [5.41, 5.74) is 2.72. The molecule has 1 aliphatic rings. The topological polar surface area (TPSA) is 18.5 Å². The lowest BCUT2D eigenvalue weighted by Crippen LogP contribution is -2.50. The van der Waals surface area contributed by atoms with Crippen molar-refractivity contribution in [3.8, 4) is 0 Å². The highest BCUT2D eigenvalue weighted by Gasteiger charge is 2.21. The molecule has 0 aromatic heterocycles. The van der Waals surface area contributed by atoms with E-state index in [9.17, 15) is 0 Å². The van der Waals surface area contributed by atoms with Gasteiger partial charge in [0.2, 0.25) is 0 Å². The summed E-state index contributed by atoms with van der Waals surface area (Å²) in [4.78, 5) is 5.15. The van der Waals surface area contributed by atoms with Crippen LogP contribution in [-0.4, -0.2) is 55.6 Å². The van der Waals surface area contributed by atoms with Crippen LogP contribution in [0.2, 0.25) is 0 Å². The fourth-order valence-electron chi connectivity index (χ4n) is 2.88. The van der Waals surface area contributed by atoms with Crippen molar-refractivity contribution < 1.29 is 0 Å². The second-order valence-electron chi connectivity index (χ2n) is 6.18. The number of rotatable bonds is 5. The van der Waals surface area contributed by atoms with Gasteiger partial charge in [-0.2, -0.15) is 0 Å². The minimum Gasteiger partial charge on any atom is -0.312 e. The van der Waals surface area contributed by atoms with E-state index in [1.54, 1.807) is 0 Å². The Morgan fingerprint density at radius 3 is 2.15 bits per heavy atom. The van der Waals surface area contributed by atoms with Crippen LogP contribution in [0.15, 0.2) is 24.3 Å². The average molecular weight is 275 g/mol. The summed E-state index contributed by atoms with van der Waals surface area (Å²) in [6, 6.07) is 10.0. The Labute approximate surface area is 124 Å². The molecule has 1 saturated heterocycles. The summed E-state index contributed by atoms with van der Waals surface area (Å²) in [5, 5.41) is 3.46. The Morgan fingerprint density at radius 1 is 1.05 bits per heavy atom. The molecule has 0 saturated carbocycles. The zero-order chi connectivity index (χ0) is 14.5. The summed E-state index contributed by atoms with van der Waals surface area (Å²) < 4.78 is 0. The molecule has 1 heterocycles. The molecule has 3 nitrogen and oxygen atoms in total. The molecule has 112 valence electrons. The van der Waals surface area contributed by atoms with Gasteiger partial charge < -0.3 is 5.32 Å². The minimum atomic E-state index is 0.432. The zero-order valence-corrected chi connectivity index (χ0v) is 13.4. The molecule has 1 fully saturated rings. The highest BCUT2D eigenvalue weighted by molar-refractivity contribution is 5.24. The van der Waals surface area contributed by atoms with Crippen molar-refractivity contribution in [1.29, 1.82) is 0 Å². The number of hydrogen-bond acceptors (Lipinski definition) is 3. The molecule has 20 heavy (non-hydrogen) atoms. The predicted molar refractivity (Wildman–Crippen MR) is 86.1 cm³/mol. The maximum absolute atomic E-state index is 3.46. The molecular formula is C17H29N3. The minimum absolute atomic E-state index is 0.432. The number of piperazine rings is 1. The SMILES string of the molecule is CNC(CN1CCN(C(C)C)CC1)c1ccc(C)cc1. The van der Waals surface area contributed by atoms with Crippen LogP contribution in [0, 0.1) is 6.92 Å². The van der Waals surface area contributed by atoms with Gasteiger partial charge in [0.25, 0.3) is 0 Å². The first-order chi connectivity index (χ1) is 9.60. The molecule has 1 atom stereocenters. The molecule has 3 heteroatoms. The first kappa shape index (κ1) is 15.5. The van der Waals surface area contributed by atoms with Gasteiger partial charge in [-0.05, 0) is 33.4 Å².